The predicted molar refractivity (Wildman–Crippen MR) is 82.4 cm³/mol. The lowest BCUT2D eigenvalue weighted by Gasteiger charge is -2.08. The fraction of sp³-hybridized carbons (Fsp3) is 0.0625. The quantitative estimate of drug-likeness (QED) is 0.741. The van der Waals surface area contributed by atoms with Crippen LogP contribution >= 0.6 is 12.0 Å². The van der Waals surface area contributed by atoms with Crippen molar-refractivity contribution in [3.8, 4) is 5.75 Å². The third-order valence-electron chi connectivity index (χ3n) is 3.09. The lowest BCUT2D eigenvalue weighted by molar-refractivity contribution is 0.0999. The van der Waals surface area contributed by atoms with Crippen molar-refractivity contribution in [1.29, 1.82) is 0 Å². The van der Waals surface area contributed by atoms with Crippen LogP contribution in [-0.4, -0.2) is 5.91 Å². The molecule has 0 saturated carbocycles. The number of hydrogen-bond acceptors (Lipinski definition) is 4. The normalized spacial score (nSPS) is 10.7. The molecule has 3 aromatic rings. The first kappa shape index (κ1) is 13.6. The topological polar surface area (TPSA) is 65.5 Å². The van der Waals surface area contributed by atoms with Crippen LogP contribution in [0.4, 0.5) is 0 Å². The van der Waals surface area contributed by atoms with Gasteiger partial charge in [-0.05, 0) is 42.8 Å². The first-order chi connectivity index (χ1) is 10.1. The van der Waals surface area contributed by atoms with E-state index in [1.54, 1.807) is 30.5 Å². The van der Waals surface area contributed by atoms with Crippen LogP contribution < -0.4 is 9.92 Å². The largest absolute Gasteiger partial charge is 0.464 e. The summed E-state index contributed by atoms with van der Waals surface area (Å²) in [5, 5.41) is 1.02. The van der Waals surface area contributed by atoms with Crippen molar-refractivity contribution in [3.05, 3.63) is 59.9 Å². The Balaban J connectivity index is 1.85. The minimum absolute atomic E-state index is 0.367. The van der Waals surface area contributed by atoms with Crippen molar-refractivity contribution in [3.63, 3.8) is 0 Å². The summed E-state index contributed by atoms with van der Waals surface area (Å²) in [7, 11) is 0. The molecule has 0 spiro atoms. The van der Waals surface area contributed by atoms with Crippen molar-refractivity contribution in [2.24, 2.45) is 5.73 Å². The van der Waals surface area contributed by atoms with Crippen LogP contribution in [0.25, 0.3) is 11.0 Å². The van der Waals surface area contributed by atoms with Crippen LogP contribution in [0.15, 0.2) is 58.0 Å². The summed E-state index contributed by atoms with van der Waals surface area (Å²) in [4.78, 5) is 12.3. The number of carbonyl (C=O) groups is 1. The maximum Gasteiger partial charge on any atom is 0.252 e. The van der Waals surface area contributed by atoms with Gasteiger partial charge in [-0.3, -0.25) is 4.79 Å². The summed E-state index contributed by atoms with van der Waals surface area (Å²) < 4.78 is 11.1. The second-order valence-corrected chi connectivity index (χ2v) is 5.41. The number of nitrogens with two attached hydrogens (primary N) is 1. The molecule has 21 heavy (non-hydrogen) atoms. The van der Waals surface area contributed by atoms with Crippen LogP contribution in [0.3, 0.4) is 0 Å². The number of amides is 1. The standard InChI is InChI=1S/C16H13NO3S/c1-10-8-12(9-11-6-7-19-15(10)11)21-20-14-5-3-2-4-13(14)16(17)18/h2-9H,1H3,(H2,17,18). The van der Waals surface area contributed by atoms with E-state index in [4.69, 9.17) is 14.3 Å². The Kier molecular flexibility index (Phi) is 3.58. The minimum Gasteiger partial charge on any atom is -0.464 e. The summed E-state index contributed by atoms with van der Waals surface area (Å²) in [5.74, 6) is -0.0485. The lowest BCUT2D eigenvalue weighted by Crippen LogP contribution is -2.11. The van der Waals surface area contributed by atoms with E-state index in [9.17, 15) is 4.79 Å². The fourth-order valence-corrected chi connectivity index (χ4v) is 2.84. The van der Waals surface area contributed by atoms with Crippen molar-refractivity contribution in [2.45, 2.75) is 11.8 Å². The summed E-state index contributed by atoms with van der Waals surface area (Å²) >= 11 is 1.19. The van der Waals surface area contributed by atoms with E-state index >= 15 is 0 Å². The van der Waals surface area contributed by atoms with Gasteiger partial charge in [-0.2, -0.15) is 0 Å². The first-order valence-corrected chi connectivity index (χ1v) is 7.10. The van der Waals surface area contributed by atoms with Gasteiger partial charge in [0, 0.05) is 10.3 Å². The van der Waals surface area contributed by atoms with E-state index in [2.05, 4.69) is 0 Å². The Morgan fingerprint density at radius 2 is 2.05 bits per heavy atom. The molecular weight excluding hydrogens is 286 g/mol. The Hall–Kier alpha value is -2.40. The van der Waals surface area contributed by atoms with Gasteiger partial charge in [0.25, 0.3) is 5.91 Å². The molecule has 1 amide bonds. The van der Waals surface area contributed by atoms with E-state index < -0.39 is 5.91 Å². The molecule has 0 bridgehead atoms. The first-order valence-electron chi connectivity index (χ1n) is 6.36. The Bertz CT molecular complexity index is 810. The maximum absolute atomic E-state index is 11.3. The number of carbonyl (C=O) groups excluding carboxylic acids is 1. The van der Waals surface area contributed by atoms with Gasteiger partial charge >= 0.3 is 0 Å². The molecule has 1 aromatic heterocycles. The van der Waals surface area contributed by atoms with Crippen LogP contribution in [0.1, 0.15) is 15.9 Å². The molecule has 0 radical (unpaired) electrons. The SMILES string of the molecule is Cc1cc(SOc2ccccc2C(N)=O)cc2ccoc12. The van der Waals surface area contributed by atoms with E-state index in [1.165, 1.54) is 12.0 Å². The molecule has 1 heterocycles. The van der Waals surface area contributed by atoms with Crippen LogP contribution in [0.5, 0.6) is 5.75 Å². The zero-order chi connectivity index (χ0) is 14.8. The molecule has 0 fully saturated rings. The van der Waals surface area contributed by atoms with Gasteiger partial charge < -0.3 is 14.3 Å². The van der Waals surface area contributed by atoms with Crippen LogP contribution in [-0.2, 0) is 0 Å². The van der Waals surface area contributed by atoms with E-state index in [0.29, 0.717) is 11.3 Å². The number of aryl methyl sites for hydroxylation is 1. The number of hydrogen-bond donors (Lipinski definition) is 1. The monoisotopic (exact) mass is 299 g/mol. The molecule has 0 unspecified atom stereocenters. The average molecular weight is 299 g/mol. The van der Waals surface area contributed by atoms with Gasteiger partial charge in [0.2, 0.25) is 0 Å². The molecule has 5 heteroatoms. The highest BCUT2D eigenvalue weighted by atomic mass is 32.2. The molecule has 0 aliphatic rings. The molecule has 106 valence electrons. The molecule has 3 rings (SSSR count). The molecule has 2 N–H and O–H groups in total. The number of fused-ring (bicyclic) bond motifs is 1. The van der Waals surface area contributed by atoms with Crippen molar-refractivity contribution >= 4 is 28.9 Å². The van der Waals surface area contributed by atoms with Crippen molar-refractivity contribution in [2.75, 3.05) is 0 Å². The highest BCUT2D eigenvalue weighted by molar-refractivity contribution is 7.95. The highest BCUT2D eigenvalue weighted by Crippen LogP contribution is 2.30. The summed E-state index contributed by atoms with van der Waals surface area (Å²) in [6, 6.07) is 12.8. The number of rotatable bonds is 4. The van der Waals surface area contributed by atoms with Crippen molar-refractivity contribution < 1.29 is 13.4 Å². The maximum atomic E-state index is 11.3. The molecule has 0 aliphatic carbocycles. The smallest absolute Gasteiger partial charge is 0.252 e. The van der Waals surface area contributed by atoms with E-state index in [0.717, 1.165) is 21.4 Å². The zero-order valence-corrected chi connectivity index (χ0v) is 12.1. The summed E-state index contributed by atoms with van der Waals surface area (Å²) in [6.45, 7) is 1.98. The Labute approximate surface area is 126 Å². The molecule has 2 aromatic carbocycles. The second kappa shape index (κ2) is 5.54. The van der Waals surface area contributed by atoms with Gasteiger partial charge in [-0.1, -0.05) is 12.1 Å². The van der Waals surface area contributed by atoms with Gasteiger partial charge in [0.1, 0.15) is 5.58 Å². The molecule has 0 aliphatic heterocycles. The Morgan fingerprint density at radius 1 is 1.24 bits per heavy atom. The molecule has 4 nitrogen and oxygen atoms in total. The fourth-order valence-electron chi connectivity index (χ4n) is 2.11. The second-order valence-electron chi connectivity index (χ2n) is 4.61. The third kappa shape index (κ3) is 2.73. The lowest BCUT2D eigenvalue weighted by atomic mass is 10.2. The van der Waals surface area contributed by atoms with Crippen LogP contribution in [0.2, 0.25) is 0 Å². The minimum atomic E-state index is -0.507. The number of furan rings is 1. The van der Waals surface area contributed by atoms with Gasteiger partial charge in [-0.15, -0.1) is 0 Å². The van der Waals surface area contributed by atoms with Gasteiger partial charge in [0.05, 0.1) is 23.9 Å². The number of para-hydroxylation sites is 1. The van der Waals surface area contributed by atoms with E-state index in [1.807, 2.05) is 25.1 Å². The number of benzene rings is 2. The third-order valence-corrected chi connectivity index (χ3v) is 3.78. The molecular formula is C16H13NO3S. The molecule has 0 atom stereocenters. The zero-order valence-electron chi connectivity index (χ0n) is 11.3. The summed E-state index contributed by atoms with van der Waals surface area (Å²) in [5.41, 5.74) is 7.60. The van der Waals surface area contributed by atoms with Gasteiger partial charge in [-0.25, -0.2) is 0 Å². The molecule has 0 saturated heterocycles. The van der Waals surface area contributed by atoms with Crippen molar-refractivity contribution in [1.82, 2.24) is 0 Å². The predicted octanol–water partition coefficient (Wildman–Crippen LogP) is 3.93. The Morgan fingerprint density at radius 3 is 2.86 bits per heavy atom. The van der Waals surface area contributed by atoms with E-state index in [-0.39, 0.29) is 0 Å². The highest BCUT2D eigenvalue weighted by Gasteiger charge is 2.10. The van der Waals surface area contributed by atoms with Crippen LogP contribution in [0, 0.1) is 6.92 Å². The average Bonchev–Trinajstić information content (AvgIpc) is 2.94. The summed E-state index contributed by atoms with van der Waals surface area (Å²) in [6.07, 6.45) is 1.66. The van der Waals surface area contributed by atoms with Gasteiger partial charge in [0.15, 0.2) is 5.75 Å². The number of primary amides is 1.